The Morgan fingerprint density at radius 2 is 1.03 bits per heavy atom. The first-order valence-corrected chi connectivity index (χ1v) is 27.5. The number of ketones is 1. The van der Waals surface area contributed by atoms with E-state index in [1.807, 2.05) is 0 Å². The standard InChI is InChI=1S/C14H11F6N2.C14H8F6NO.C12H9F6N2.C12H10F2N.C11H4F6N.5Ir/c1-7-6-21-10(5-11(7)22(2)3)8-4-9(15)12(16)14(19,20)13(8,17)18;1-6-3-10(21-5-8(6)7(2)22)9-4-13(17,18)11(15)12(16)14(9,19)20;1-7-3-4-19-8(5-7)9-6-10(13,14)11(15,16)12(17,18)20(9)2;13-11-4-5-12(14,8-11)9(7-11)10-3-1-2-6-15-10;12-8-5-6(7-3-1-2-4-18-7)9(13,10(8,14)15)11(8,16)17;;;;;/h5-6H,1-3H3;3,5H,1-2H3;3-5H,1-2H3;1-3,6H,4-5,8H2;1-4H;;;;;/q5*-1;;;;;. The molecule has 0 aromatic carbocycles. The van der Waals surface area contributed by atoms with Crippen LogP contribution in [0.1, 0.15) is 81.7 Å². The Labute approximate surface area is 629 Å². The number of alkyl halides is 22. The van der Waals surface area contributed by atoms with Crippen molar-refractivity contribution in [2.75, 3.05) is 26.0 Å². The first-order chi connectivity index (χ1) is 44.3. The number of halogens is 26. The molecule has 567 valence electrons. The molecule has 8 nitrogen and oxygen atoms in total. The summed E-state index contributed by atoms with van der Waals surface area (Å²) in [5, 5.41) is 0. The van der Waals surface area contributed by atoms with E-state index < -0.39 is 145 Å². The Kier molecular flexibility index (Phi) is 27.5. The molecule has 6 heterocycles. The molecular formula is C63H42F26Ir5N7O-5. The SMILES string of the molecule is CC(=O)c1cnc(C2=[C-]C(F)(F)C(F)=C(F)C2(F)F)cc1C.Cc1ccnc(C2=[C-]C(F)(F)C(F)(F)C(F)(F)N2C)c1.Cc1cnc(C2=[C-]C(F)=C(F)C(F)(F)C2(F)F)cc1N(C)C.FC1(F)C2(F)[C-]=C(c3ccccn3)C1(F)C2(F)F.FC12[C-]=C(c3ccccn3)C(F)(CC1)C2.[Ir].[Ir].[Ir].[Ir].[Ir]. The van der Waals surface area contributed by atoms with Gasteiger partial charge in [0.05, 0.1) is 5.67 Å². The van der Waals surface area contributed by atoms with Crippen LogP contribution in [0.5, 0.6) is 0 Å². The van der Waals surface area contributed by atoms with Crippen LogP contribution in [-0.2, 0) is 101 Å². The van der Waals surface area contributed by atoms with Crippen LogP contribution in [0.4, 0.5) is 120 Å². The number of aromatic nitrogens is 5. The van der Waals surface area contributed by atoms with Gasteiger partial charge in [0.25, 0.3) is 17.8 Å². The average molecular weight is 2370 g/mol. The minimum Gasteiger partial charge on any atom is -0.378 e. The molecule has 39 heteroatoms. The van der Waals surface area contributed by atoms with Gasteiger partial charge in [-0.3, -0.25) is 13.6 Å². The summed E-state index contributed by atoms with van der Waals surface area (Å²) < 4.78 is 349. The molecule has 0 amide bonds. The summed E-state index contributed by atoms with van der Waals surface area (Å²) in [7, 11) is 3.81. The molecule has 2 atom stereocenters. The van der Waals surface area contributed by atoms with Crippen molar-refractivity contribution in [3.63, 3.8) is 0 Å². The van der Waals surface area contributed by atoms with Crippen LogP contribution >= 0.6 is 0 Å². The maximum Gasteiger partial charge on any atom is 0.390 e. The summed E-state index contributed by atoms with van der Waals surface area (Å²) in [6.07, 6.45) is 13.8. The smallest absolute Gasteiger partial charge is 0.378 e. The molecule has 102 heavy (non-hydrogen) atoms. The first kappa shape index (κ1) is 90.8. The number of allylic oxidation sites excluding steroid dienone is 13. The predicted molar refractivity (Wildman–Crippen MR) is 293 cm³/mol. The average Bonchev–Trinajstić information content (AvgIpc) is 1.45. The molecule has 8 aliphatic rings. The number of pyridine rings is 5. The van der Waals surface area contributed by atoms with E-state index in [0.29, 0.717) is 35.1 Å². The Morgan fingerprint density at radius 3 is 1.48 bits per heavy atom. The van der Waals surface area contributed by atoms with Gasteiger partial charge in [0.2, 0.25) is 11.5 Å². The predicted octanol–water partition coefficient (Wildman–Crippen LogP) is 17.5. The molecule has 0 saturated heterocycles. The summed E-state index contributed by atoms with van der Waals surface area (Å²) in [6, 6.07) is 8.65. The number of rotatable bonds is 7. The fourth-order valence-corrected chi connectivity index (χ4v) is 10.5. The van der Waals surface area contributed by atoms with E-state index in [2.05, 4.69) is 31.0 Å². The number of anilines is 1. The Balaban J connectivity index is 0.000000329. The number of carbonyl (C=O) groups excluding carboxylic acids is 1. The molecule has 2 saturated carbocycles. The maximum absolute atomic E-state index is 14.3. The van der Waals surface area contributed by atoms with Crippen LogP contribution in [0.15, 0.2) is 115 Å². The molecule has 2 fully saturated rings. The zero-order chi connectivity index (χ0) is 73.0. The molecule has 4 bridgehead atoms. The molecular weight excluding hydrogens is 2330 g/mol. The van der Waals surface area contributed by atoms with Gasteiger partial charge >= 0.3 is 35.7 Å². The summed E-state index contributed by atoms with van der Waals surface area (Å²) in [5.74, 6) is -51.0. The van der Waals surface area contributed by atoms with Crippen molar-refractivity contribution < 1.29 is 219 Å². The monoisotopic (exact) mass is 2370 g/mol. The quantitative estimate of drug-likeness (QED) is 0.0689. The van der Waals surface area contributed by atoms with Crippen LogP contribution in [0.25, 0.3) is 28.0 Å². The van der Waals surface area contributed by atoms with Gasteiger partial charge < -0.3 is 34.7 Å². The molecule has 2 unspecified atom stereocenters. The molecule has 0 spiro atoms. The molecule has 1 aliphatic heterocycles. The summed E-state index contributed by atoms with van der Waals surface area (Å²) in [6.45, 7) is 5.79. The van der Waals surface area contributed by atoms with Gasteiger partial charge in [-0.05, 0) is 70.0 Å². The fraction of sp³-hybridized carbons (Fsp3) is 0.365. The van der Waals surface area contributed by atoms with Gasteiger partial charge in [-0.1, -0.05) is 57.7 Å². The second kappa shape index (κ2) is 30.8. The van der Waals surface area contributed by atoms with Gasteiger partial charge in [0.1, 0.15) is 11.5 Å². The third-order valence-electron chi connectivity index (χ3n) is 15.8. The van der Waals surface area contributed by atoms with Crippen LogP contribution in [-0.4, -0.2) is 133 Å². The van der Waals surface area contributed by atoms with Crippen molar-refractivity contribution in [1.82, 2.24) is 29.8 Å². The van der Waals surface area contributed by atoms with Crippen molar-refractivity contribution in [3.8, 4) is 0 Å². The van der Waals surface area contributed by atoms with Crippen LogP contribution in [0.3, 0.4) is 0 Å². The van der Waals surface area contributed by atoms with Crippen LogP contribution in [0, 0.1) is 51.2 Å². The Hall–Kier alpha value is -5.37. The van der Waals surface area contributed by atoms with E-state index in [1.54, 1.807) is 57.2 Å². The van der Waals surface area contributed by atoms with Gasteiger partial charge in [0.15, 0.2) is 17.3 Å². The van der Waals surface area contributed by atoms with E-state index in [-0.39, 0.29) is 142 Å². The number of carbonyl (C=O) groups is 1. The van der Waals surface area contributed by atoms with Gasteiger partial charge in [-0.25, -0.2) is 82.4 Å². The van der Waals surface area contributed by atoms with E-state index in [1.165, 1.54) is 62.7 Å². The van der Waals surface area contributed by atoms with Crippen LogP contribution in [0.2, 0.25) is 0 Å². The zero-order valence-corrected chi connectivity index (χ0v) is 63.8. The number of hydrogen-bond donors (Lipinski definition) is 0. The molecule has 5 aromatic heterocycles. The molecule has 13 rings (SSSR count). The third-order valence-corrected chi connectivity index (χ3v) is 15.8. The number of nitrogens with zero attached hydrogens (tertiary/aromatic N) is 7. The van der Waals surface area contributed by atoms with Crippen LogP contribution < -0.4 is 4.90 Å². The molecule has 5 radical (unpaired) electrons. The van der Waals surface area contributed by atoms with Gasteiger partial charge in [-0.15, -0.1) is 47.2 Å². The summed E-state index contributed by atoms with van der Waals surface area (Å²) >= 11 is 0. The van der Waals surface area contributed by atoms with E-state index >= 15 is 0 Å². The Morgan fingerprint density at radius 1 is 0.510 bits per heavy atom. The number of aryl methyl sites for hydroxylation is 3. The van der Waals surface area contributed by atoms with Crippen molar-refractivity contribution in [2.45, 2.75) is 123 Å². The normalized spacial score (nSPS) is 25.7. The second-order valence-electron chi connectivity index (χ2n) is 22.7. The largest absolute Gasteiger partial charge is 0.390 e. The molecule has 0 N–H and O–H groups in total. The molecule has 7 aliphatic carbocycles. The number of Topliss-reactive ketones (excluding diaryl/α,β-unsaturated/α-hetero) is 1. The minimum atomic E-state index is -5.55. The van der Waals surface area contributed by atoms with Crippen molar-refractivity contribution in [2.24, 2.45) is 0 Å². The fourth-order valence-electron chi connectivity index (χ4n) is 10.5. The maximum atomic E-state index is 14.3. The van der Waals surface area contributed by atoms with Crippen molar-refractivity contribution in [3.05, 3.63) is 196 Å². The zero-order valence-electron chi connectivity index (χ0n) is 51.8. The minimum absolute atomic E-state index is 0. The summed E-state index contributed by atoms with van der Waals surface area (Å²) in [4.78, 5) is 30.8. The first-order valence-electron chi connectivity index (χ1n) is 27.5. The number of hydrogen-bond acceptors (Lipinski definition) is 8. The van der Waals surface area contributed by atoms with E-state index in [4.69, 9.17) is 0 Å². The number of fused-ring (bicyclic) bond motifs is 2. The van der Waals surface area contributed by atoms with E-state index in [9.17, 15) is 119 Å². The van der Waals surface area contributed by atoms with Crippen molar-refractivity contribution in [1.29, 1.82) is 0 Å². The third kappa shape index (κ3) is 15.1. The molecule has 5 aromatic rings. The summed E-state index contributed by atoms with van der Waals surface area (Å²) in [5.41, 5.74) is -16.4. The topological polar surface area (TPSA) is 88.0 Å². The Bertz CT molecular complexity index is 4180. The van der Waals surface area contributed by atoms with Gasteiger partial charge in [-0.2, -0.15) is 52.8 Å². The van der Waals surface area contributed by atoms with E-state index in [0.717, 1.165) is 42.7 Å². The second-order valence-corrected chi connectivity index (χ2v) is 22.7. The van der Waals surface area contributed by atoms with Gasteiger partial charge in [0, 0.05) is 176 Å². The van der Waals surface area contributed by atoms with Crippen molar-refractivity contribution >= 4 is 39.5 Å².